The number of thiazole rings is 1. The van der Waals surface area contributed by atoms with Crippen LogP contribution in [-0.4, -0.2) is 38.8 Å². The number of nitrogens with one attached hydrogen (secondary N) is 1. The van der Waals surface area contributed by atoms with E-state index in [1.807, 2.05) is 26.1 Å². The van der Waals surface area contributed by atoms with Gasteiger partial charge in [0.1, 0.15) is 11.6 Å². The summed E-state index contributed by atoms with van der Waals surface area (Å²) in [7, 11) is 0. The maximum absolute atomic E-state index is 12.7. The molecule has 0 spiro atoms. The van der Waals surface area contributed by atoms with Gasteiger partial charge in [0.2, 0.25) is 5.91 Å². The Kier molecular flexibility index (Phi) is 6.43. The highest BCUT2D eigenvalue weighted by atomic mass is 32.1. The van der Waals surface area contributed by atoms with Crippen molar-refractivity contribution in [1.29, 1.82) is 0 Å². The molecule has 1 aliphatic carbocycles. The number of amides is 1. The molecule has 3 heterocycles. The van der Waals surface area contributed by atoms with E-state index in [4.69, 9.17) is 9.97 Å². The zero-order chi connectivity index (χ0) is 20.2. The van der Waals surface area contributed by atoms with Crippen LogP contribution in [0.4, 0.5) is 10.9 Å². The van der Waals surface area contributed by atoms with E-state index in [1.165, 1.54) is 37.0 Å². The molecule has 0 aromatic carbocycles. The Morgan fingerprint density at radius 3 is 2.59 bits per heavy atom. The van der Waals surface area contributed by atoms with E-state index in [2.05, 4.69) is 15.2 Å². The standard InChI is InChI=1S/C22H31N5OS/c1-15-12-19(26-22-23-14-16(2)29-22)25-21(24-15)18-8-10-27(11-9-18)20(28)13-17-6-4-3-5-7-17/h12,14,17-18H,3-11,13H2,1-2H3,(H,23,24,25,26). The summed E-state index contributed by atoms with van der Waals surface area (Å²) in [6.45, 7) is 5.69. The first-order chi connectivity index (χ1) is 14.1. The summed E-state index contributed by atoms with van der Waals surface area (Å²) in [5, 5.41) is 4.17. The molecule has 1 saturated carbocycles. The molecule has 0 bridgehead atoms. The summed E-state index contributed by atoms with van der Waals surface area (Å²) in [6, 6.07) is 1.96. The van der Waals surface area contributed by atoms with Gasteiger partial charge >= 0.3 is 0 Å². The number of likely N-dealkylation sites (tertiary alicyclic amines) is 1. The number of anilines is 2. The van der Waals surface area contributed by atoms with Crippen molar-refractivity contribution in [2.24, 2.45) is 5.92 Å². The van der Waals surface area contributed by atoms with Gasteiger partial charge in [0.25, 0.3) is 0 Å². The van der Waals surface area contributed by atoms with Crippen molar-refractivity contribution in [1.82, 2.24) is 19.9 Å². The van der Waals surface area contributed by atoms with Crippen molar-refractivity contribution in [2.75, 3.05) is 18.4 Å². The molecule has 7 heteroatoms. The van der Waals surface area contributed by atoms with E-state index in [-0.39, 0.29) is 0 Å². The lowest BCUT2D eigenvalue weighted by atomic mass is 9.86. The topological polar surface area (TPSA) is 71.0 Å². The highest BCUT2D eigenvalue weighted by molar-refractivity contribution is 7.15. The number of aryl methyl sites for hydroxylation is 2. The SMILES string of the molecule is Cc1cc(Nc2ncc(C)s2)nc(C2CCN(C(=O)CC3CCCCC3)CC2)n1. The molecule has 156 valence electrons. The van der Waals surface area contributed by atoms with Crippen molar-refractivity contribution in [3.8, 4) is 0 Å². The largest absolute Gasteiger partial charge is 0.343 e. The molecule has 2 fully saturated rings. The lowest BCUT2D eigenvalue weighted by Crippen LogP contribution is -2.39. The van der Waals surface area contributed by atoms with Gasteiger partial charge in [-0.25, -0.2) is 15.0 Å². The number of piperidine rings is 1. The monoisotopic (exact) mass is 413 g/mol. The molecule has 0 radical (unpaired) electrons. The summed E-state index contributed by atoms with van der Waals surface area (Å²) < 4.78 is 0. The summed E-state index contributed by atoms with van der Waals surface area (Å²) in [5.74, 6) is 2.96. The Bertz CT molecular complexity index is 837. The molecule has 2 aliphatic rings. The summed E-state index contributed by atoms with van der Waals surface area (Å²) in [4.78, 5) is 29.8. The van der Waals surface area contributed by atoms with Gasteiger partial charge in [-0.1, -0.05) is 19.3 Å². The minimum absolute atomic E-state index is 0.312. The molecule has 4 rings (SSSR count). The lowest BCUT2D eigenvalue weighted by Gasteiger charge is -2.33. The highest BCUT2D eigenvalue weighted by Gasteiger charge is 2.27. The van der Waals surface area contributed by atoms with Gasteiger partial charge in [-0.3, -0.25) is 4.79 Å². The fourth-order valence-electron chi connectivity index (χ4n) is 4.51. The molecule has 1 amide bonds. The molecule has 2 aromatic heterocycles. The highest BCUT2D eigenvalue weighted by Crippen LogP contribution is 2.30. The maximum Gasteiger partial charge on any atom is 0.222 e. The minimum Gasteiger partial charge on any atom is -0.343 e. The first-order valence-electron chi connectivity index (χ1n) is 10.9. The molecule has 1 N–H and O–H groups in total. The van der Waals surface area contributed by atoms with Crippen LogP contribution in [0.3, 0.4) is 0 Å². The van der Waals surface area contributed by atoms with Crippen molar-refractivity contribution < 1.29 is 4.79 Å². The quantitative estimate of drug-likeness (QED) is 0.749. The summed E-state index contributed by atoms with van der Waals surface area (Å²) in [5.41, 5.74) is 0.960. The second-order valence-electron chi connectivity index (χ2n) is 8.52. The number of aromatic nitrogens is 3. The number of carbonyl (C=O) groups is 1. The Hall–Kier alpha value is -2.02. The van der Waals surface area contributed by atoms with Crippen LogP contribution >= 0.6 is 11.3 Å². The fourth-order valence-corrected chi connectivity index (χ4v) is 5.19. The van der Waals surface area contributed by atoms with E-state index >= 15 is 0 Å². The molecule has 29 heavy (non-hydrogen) atoms. The Balaban J connectivity index is 1.34. The number of hydrogen-bond acceptors (Lipinski definition) is 6. The van der Waals surface area contributed by atoms with Crippen molar-refractivity contribution >= 4 is 28.2 Å². The molecule has 6 nitrogen and oxygen atoms in total. The zero-order valence-electron chi connectivity index (χ0n) is 17.5. The van der Waals surface area contributed by atoms with Crippen LogP contribution in [0.15, 0.2) is 12.3 Å². The second-order valence-corrected chi connectivity index (χ2v) is 9.75. The molecular formula is C22H31N5OS. The van der Waals surface area contributed by atoms with Crippen molar-refractivity contribution in [3.63, 3.8) is 0 Å². The van der Waals surface area contributed by atoms with Gasteiger partial charge < -0.3 is 10.2 Å². The van der Waals surface area contributed by atoms with Gasteiger partial charge in [0.15, 0.2) is 5.13 Å². The van der Waals surface area contributed by atoms with Crippen LogP contribution in [0, 0.1) is 19.8 Å². The van der Waals surface area contributed by atoms with Gasteiger partial charge in [-0.05, 0) is 45.4 Å². The maximum atomic E-state index is 12.7. The minimum atomic E-state index is 0.312. The van der Waals surface area contributed by atoms with Gasteiger partial charge in [0, 0.05) is 48.3 Å². The number of hydrogen-bond donors (Lipinski definition) is 1. The summed E-state index contributed by atoms with van der Waals surface area (Å²) in [6.07, 6.45) is 10.9. The van der Waals surface area contributed by atoms with E-state index in [1.54, 1.807) is 11.3 Å². The predicted molar refractivity (Wildman–Crippen MR) is 117 cm³/mol. The summed E-state index contributed by atoms with van der Waals surface area (Å²) >= 11 is 1.62. The third-order valence-corrected chi connectivity index (χ3v) is 6.96. The number of nitrogens with zero attached hydrogens (tertiary/aromatic N) is 4. The molecule has 0 atom stereocenters. The van der Waals surface area contributed by atoms with Crippen LogP contribution < -0.4 is 5.32 Å². The molecule has 0 unspecified atom stereocenters. The molecule has 2 aromatic rings. The third-order valence-electron chi connectivity index (χ3n) is 6.13. The molecule has 1 aliphatic heterocycles. The Labute approximate surface area is 177 Å². The van der Waals surface area contributed by atoms with Crippen LogP contribution in [0.25, 0.3) is 0 Å². The zero-order valence-corrected chi connectivity index (χ0v) is 18.3. The molecular weight excluding hydrogens is 382 g/mol. The van der Waals surface area contributed by atoms with E-state index in [0.29, 0.717) is 17.7 Å². The average Bonchev–Trinajstić information content (AvgIpc) is 3.13. The lowest BCUT2D eigenvalue weighted by molar-refractivity contribution is -0.133. The Morgan fingerprint density at radius 2 is 1.90 bits per heavy atom. The average molecular weight is 414 g/mol. The first kappa shape index (κ1) is 20.3. The van der Waals surface area contributed by atoms with E-state index < -0.39 is 0 Å². The van der Waals surface area contributed by atoms with Crippen LogP contribution in [0.1, 0.15) is 73.7 Å². The van der Waals surface area contributed by atoms with Crippen molar-refractivity contribution in [2.45, 2.75) is 71.1 Å². The number of carbonyl (C=O) groups excluding carboxylic acids is 1. The first-order valence-corrected chi connectivity index (χ1v) is 11.7. The fraction of sp³-hybridized carbons (Fsp3) is 0.636. The van der Waals surface area contributed by atoms with Crippen LogP contribution in [0.2, 0.25) is 0 Å². The van der Waals surface area contributed by atoms with Gasteiger partial charge in [0.05, 0.1) is 0 Å². The predicted octanol–water partition coefficient (Wildman–Crippen LogP) is 4.97. The van der Waals surface area contributed by atoms with Crippen LogP contribution in [-0.2, 0) is 4.79 Å². The van der Waals surface area contributed by atoms with Gasteiger partial charge in [-0.15, -0.1) is 11.3 Å². The normalized spacial score (nSPS) is 18.8. The van der Waals surface area contributed by atoms with E-state index in [0.717, 1.165) is 54.8 Å². The Morgan fingerprint density at radius 1 is 1.14 bits per heavy atom. The third kappa shape index (κ3) is 5.32. The second kappa shape index (κ2) is 9.20. The number of rotatable bonds is 5. The van der Waals surface area contributed by atoms with Crippen LogP contribution in [0.5, 0.6) is 0 Å². The van der Waals surface area contributed by atoms with E-state index in [9.17, 15) is 4.79 Å². The van der Waals surface area contributed by atoms with Gasteiger partial charge in [-0.2, -0.15) is 0 Å². The van der Waals surface area contributed by atoms with Crippen molar-refractivity contribution in [3.05, 3.63) is 28.7 Å². The smallest absolute Gasteiger partial charge is 0.222 e. The molecule has 1 saturated heterocycles.